The molecule has 0 unspecified atom stereocenters. The van der Waals surface area contributed by atoms with Crippen LogP contribution < -0.4 is 10.7 Å². The number of benzene rings is 1. The van der Waals surface area contributed by atoms with Gasteiger partial charge in [0, 0.05) is 12.6 Å². The molecule has 10 heteroatoms. The van der Waals surface area contributed by atoms with Crippen molar-refractivity contribution >= 4 is 45.4 Å². The highest BCUT2D eigenvalue weighted by molar-refractivity contribution is 7.91. The lowest BCUT2D eigenvalue weighted by Crippen LogP contribution is -2.44. The number of nitrogens with one attached hydrogen (secondary N) is 2. The number of ether oxygens (including phenoxy) is 1. The molecule has 0 fully saturated rings. The molecule has 0 aliphatic heterocycles. The van der Waals surface area contributed by atoms with E-state index in [0.717, 1.165) is 12.6 Å². The molecule has 114 valence electrons. The maximum absolute atomic E-state index is 12.2. The van der Waals surface area contributed by atoms with E-state index in [1.807, 2.05) is 5.43 Å². The Morgan fingerprint density at radius 3 is 2.29 bits per heavy atom. The van der Waals surface area contributed by atoms with Crippen molar-refractivity contribution in [2.75, 3.05) is 12.4 Å². The van der Waals surface area contributed by atoms with Gasteiger partial charge in [0.05, 0.1) is 12.0 Å². The van der Waals surface area contributed by atoms with E-state index in [4.69, 9.17) is 0 Å². The molecule has 8 nitrogen and oxygen atoms in total. The number of sulfonamides is 1. The Hall–Kier alpha value is -2.20. The number of carbonyl (C=O) groups is 2. The third kappa shape index (κ3) is 4.39. The summed E-state index contributed by atoms with van der Waals surface area (Å²) in [4.78, 5) is 21.9. The van der Waals surface area contributed by atoms with E-state index in [1.165, 1.54) is 31.2 Å². The minimum Gasteiger partial charge on any atom is -0.452 e. The summed E-state index contributed by atoms with van der Waals surface area (Å²) < 4.78 is 29.2. The highest BCUT2D eigenvalue weighted by atomic mass is 32.2. The average molecular weight is 331 g/mol. The Labute approximate surface area is 127 Å². The van der Waals surface area contributed by atoms with Crippen LogP contribution in [0.2, 0.25) is 0 Å². The number of hydrogen-bond acceptors (Lipinski definition) is 6. The van der Waals surface area contributed by atoms with E-state index in [0.29, 0.717) is 10.1 Å². The summed E-state index contributed by atoms with van der Waals surface area (Å²) >= 11 is 4.57. The smallest absolute Gasteiger partial charge is 0.426 e. The Morgan fingerprint density at radius 1 is 1.29 bits per heavy atom. The highest BCUT2D eigenvalue weighted by Crippen LogP contribution is 2.16. The molecule has 0 aliphatic rings. The molecule has 1 aromatic rings. The van der Waals surface area contributed by atoms with Gasteiger partial charge < -0.3 is 10.1 Å². The Balaban J connectivity index is 3.02. The van der Waals surface area contributed by atoms with E-state index in [9.17, 15) is 18.0 Å². The molecule has 0 radical (unpaired) electrons. The lowest BCUT2D eigenvalue weighted by atomic mass is 10.3. The standard InChI is InChI=1S/C11H13N3O5S2/c1-8(15)12-9-3-5-10(6-4-9)21(17,18)14(7-20)13-11(16)19-2/h3-7H,1-2H3,(H,12,15)(H,13,16). The molecule has 0 heterocycles. The van der Waals surface area contributed by atoms with Crippen molar-refractivity contribution in [3.8, 4) is 0 Å². The summed E-state index contributed by atoms with van der Waals surface area (Å²) in [5.74, 6) is -0.279. The van der Waals surface area contributed by atoms with Crippen molar-refractivity contribution in [1.29, 1.82) is 0 Å². The van der Waals surface area contributed by atoms with Crippen LogP contribution in [0, 0.1) is 0 Å². The lowest BCUT2D eigenvalue weighted by Gasteiger charge is -2.19. The number of methoxy groups -OCH3 is 1. The maximum atomic E-state index is 12.2. The van der Waals surface area contributed by atoms with E-state index in [1.54, 1.807) is 0 Å². The first-order chi connectivity index (χ1) is 9.81. The van der Waals surface area contributed by atoms with Crippen molar-refractivity contribution in [3.63, 3.8) is 0 Å². The molecule has 0 bridgehead atoms. The second-order valence-corrected chi connectivity index (χ2v) is 5.74. The molecule has 0 aliphatic carbocycles. The predicted octanol–water partition coefficient (Wildman–Crippen LogP) is 0.864. The van der Waals surface area contributed by atoms with Gasteiger partial charge in [0.15, 0.2) is 0 Å². The second-order valence-electron chi connectivity index (χ2n) is 3.72. The van der Waals surface area contributed by atoms with Gasteiger partial charge in [-0.15, -0.1) is 0 Å². The van der Waals surface area contributed by atoms with Crippen molar-refractivity contribution in [3.05, 3.63) is 24.3 Å². The van der Waals surface area contributed by atoms with Gasteiger partial charge in [-0.3, -0.25) is 4.79 Å². The van der Waals surface area contributed by atoms with E-state index in [-0.39, 0.29) is 10.8 Å². The zero-order valence-electron chi connectivity index (χ0n) is 11.2. The van der Waals surface area contributed by atoms with Gasteiger partial charge in [-0.25, -0.2) is 10.2 Å². The summed E-state index contributed by atoms with van der Waals surface area (Å²) in [5, 5.41) is 2.50. The average Bonchev–Trinajstić information content (AvgIpc) is 2.44. The Morgan fingerprint density at radius 2 is 1.86 bits per heavy atom. The van der Waals surface area contributed by atoms with E-state index in [2.05, 4.69) is 22.3 Å². The van der Waals surface area contributed by atoms with Crippen molar-refractivity contribution in [2.24, 2.45) is 0 Å². The summed E-state index contributed by atoms with van der Waals surface area (Å²) in [6, 6.07) is 5.36. The fraction of sp³-hybridized carbons (Fsp3) is 0.182. The molecule has 0 saturated carbocycles. The van der Waals surface area contributed by atoms with Gasteiger partial charge in [0.25, 0.3) is 10.0 Å². The van der Waals surface area contributed by atoms with Gasteiger partial charge in [-0.05, 0) is 24.3 Å². The Bertz CT molecular complexity index is 642. The van der Waals surface area contributed by atoms with Gasteiger partial charge in [-0.2, -0.15) is 12.8 Å². The number of carbonyl (C=O) groups excluding carboxylic acids is 2. The topological polar surface area (TPSA) is 105 Å². The van der Waals surface area contributed by atoms with Gasteiger partial charge in [-0.1, -0.05) is 12.2 Å². The van der Waals surface area contributed by atoms with Gasteiger partial charge in [0.2, 0.25) is 5.91 Å². The zero-order chi connectivity index (χ0) is 16.0. The largest absolute Gasteiger partial charge is 0.452 e. The predicted molar refractivity (Wildman–Crippen MR) is 79.0 cm³/mol. The minimum atomic E-state index is -4.05. The van der Waals surface area contributed by atoms with Crippen molar-refractivity contribution in [1.82, 2.24) is 9.84 Å². The van der Waals surface area contributed by atoms with Crippen LogP contribution >= 0.6 is 12.2 Å². The first-order valence-electron chi connectivity index (χ1n) is 5.53. The van der Waals surface area contributed by atoms with Crippen LogP contribution in [0.4, 0.5) is 10.5 Å². The summed E-state index contributed by atoms with van der Waals surface area (Å²) in [6.07, 6.45) is -0.977. The number of thiocarbonyl (C=S) groups is 1. The normalized spacial score (nSPS) is 10.4. The second kappa shape index (κ2) is 6.99. The summed E-state index contributed by atoms with van der Waals surface area (Å²) in [5.41, 5.74) is 3.16. The molecular weight excluding hydrogens is 318 g/mol. The minimum absolute atomic E-state index is 0.117. The van der Waals surface area contributed by atoms with Crippen LogP contribution in [0.3, 0.4) is 0 Å². The van der Waals surface area contributed by atoms with Gasteiger partial charge >= 0.3 is 6.09 Å². The lowest BCUT2D eigenvalue weighted by molar-refractivity contribution is -0.114. The molecule has 1 aromatic carbocycles. The summed E-state index contributed by atoms with van der Waals surface area (Å²) in [7, 11) is -2.96. The SMILES string of the molecule is COC(=O)NN(C=S)S(=O)(=O)c1ccc(NC(C)=O)cc1. The molecular formula is C11H13N3O5S2. The van der Waals surface area contributed by atoms with Crippen LogP contribution in [0.15, 0.2) is 29.2 Å². The Kier molecular flexibility index (Phi) is 5.61. The molecule has 0 spiro atoms. The van der Waals surface area contributed by atoms with Crippen LogP contribution in [-0.2, 0) is 19.6 Å². The van der Waals surface area contributed by atoms with E-state index < -0.39 is 16.1 Å². The fourth-order valence-corrected chi connectivity index (χ4v) is 2.71. The third-order valence-corrected chi connectivity index (χ3v) is 4.14. The molecule has 21 heavy (non-hydrogen) atoms. The number of nitrogens with zero attached hydrogens (tertiary/aromatic N) is 1. The zero-order valence-corrected chi connectivity index (χ0v) is 12.8. The van der Waals surface area contributed by atoms with Crippen LogP contribution in [-0.4, -0.2) is 37.4 Å². The van der Waals surface area contributed by atoms with Gasteiger partial charge in [0.1, 0.15) is 5.49 Å². The third-order valence-electron chi connectivity index (χ3n) is 2.21. The maximum Gasteiger partial charge on any atom is 0.426 e. The number of hydrogen-bond donors (Lipinski definition) is 2. The van der Waals surface area contributed by atoms with Crippen molar-refractivity contribution in [2.45, 2.75) is 11.8 Å². The number of anilines is 1. The molecule has 0 atom stereocenters. The molecule has 0 aromatic heterocycles. The molecule has 1 rings (SSSR count). The van der Waals surface area contributed by atoms with Crippen LogP contribution in [0.5, 0.6) is 0 Å². The number of amides is 2. The monoisotopic (exact) mass is 331 g/mol. The highest BCUT2D eigenvalue weighted by Gasteiger charge is 2.23. The molecule has 2 amide bonds. The summed E-state index contributed by atoms with van der Waals surface area (Å²) in [6.45, 7) is 1.33. The van der Waals surface area contributed by atoms with Crippen LogP contribution in [0.1, 0.15) is 6.92 Å². The molecule has 2 N–H and O–H groups in total. The molecule has 0 saturated heterocycles. The van der Waals surface area contributed by atoms with Crippen LogP contribution in [0.25, 0.3) is 0 Å². The first kappa shape index (κ1) is 16.9. The van der Waals surface area contributed by atoms with E-state index >= 15 is 0 Å². The first-order valence-corrected chi connectivity index (χ1v) is 7.44. The number of hydrazine groups is 1. The number of rotatable bonds is 5. The fourth-order valence-electron chi connectivity index (χ4n) is 1.31. The quantitative estimate of drug-likeness (QED) is 0.612. The van der Waals surface area contributed by atoms with Crippen molar-refractivity contribution < 1.29 is 22.7 Å².